The Morgan fingerprint density at radius 3 is 1.87 bits per heavy atom. The Bertz CT molecular complexity index is 1180. The summed E-state index contributed by atoms with van der Waals surface area (Å²) in [5, 5.41) is 18.8. The van der Waals surface area contributed by atoms with Crippen LogP contribution in [0.3, 0.4) is 0 Å². The van der Waals surface area contributed by atoms with E-state index in [-0.39, 0.29) is 18.0 Å². The number of carbonyl (C=O) groups is 2. The smallest absolute Gasteiger partial charge is 0.377 e. The molecule has 2 aliphatic rings. The fraction of sp³-hybridized carbons (Fsp3) is 0.364. The van der Waals surface area contributed by atoms with Crippen molar-refractivity contribution in [1.82, 2.24) is 0 Å². The molecule has 0 unspecified atom stereocenters. The van der Waals surface area contributed by atoms with Crippen molar-refractivity contribution in [3.63, 3.8) is 0 Å². The Labute approximate surface area is 224 Å². The minimum absolute atomic E-state index is 0.00114. The van der Waals surface area contributed by atoms with Gasteiger partial charge in [-0.3, -0.25) is 0 Å². The van der Waals surface area contributed by atoms with Crippen LogP contribution in [0.2, 0.25) is 0 Å². The molecule has 206 valence electrons. The maximum atomic E-state index is 11.6. The second-order valence-corrected chi connectivity index (χ2v) is 8.97. The average molecular weight is 571 g/mol. The van der Waals surface area contributed by atoms with Gasteiger partial charge in [0.1, 0.15) is 0 Å². The van der Waals surface area contributed by atoms with Crippen molar-refractivity contribution in [1.29, 1.82) is 0 Å². The van der Waals surface area contributed by atoms with Crippen LogP contribution >= 0.6 is 22.7 Å². The van der Waals surface area contributed by atoms with Gasteiger partial charge in [-0.25, -0.2) is 9.59 Å². The fourth-order valence-corrected chi connectivity index (χ4v) is 4.70. The van der Waals surface area contributed by atoms with Crippen LogP contribution in [0, 0.1) is 0 Å². The van der Waals surface area contributed by atoms with E-state index in [0.29, 0.717) is 41.7 Å². The number of methoxy groups -OCH3 is 2. The lowest BCUT2D eigenvalue weighted by Gasteiger charge is -2.09. The zero-order valence-electron chi connectivity index (χ0n) is 20.4. The molecule has 2 fully saturated rings. The molecule has 0 atom stereocenters. The first-order valence-corrected chi connectivity index (χ1v) is 12.6. The Balaban J connectivity index is 0.000000241. The number of hydrogen-bond acceptors (Lipinski definition) is 14. The highest BCUT2D eigenvalue weighted by molar-refractivity contribution is 7.12. The highest BCUT2D eigenvalue weighted by atomic mass is 32.1. The molecule has 5 N–H and O–H groups in total. The molecule has 2 saturated heterocycles. The van der Waals surface area contributed by atoms with Crippen LogP contribution in [-0.4, -0.2) is 69.5 Å². The Hall–Kier alpha value is -3.54. The predicted octanol–water partition coefficient (Wildman–Crippen LogP) is 1.55. The van der Waals surface area contributed by atoms with Gasteiger partial charge in [-0.2, -0.15) is 0 Å². The molecule has 0 saturated carbocycles. The molecule has 0 aromatic carbocycles. The van der Waals surface area contributed by atoms with E-state index in [9.17, 15) is 9.59 Å². The van der Waals surface area contributed by atoms with Crippen molar-refractivity contribution in [3.8, 4) is 0 Å². The van der Waals surface area contributed by atoms with Gasteiger partial charge in [0.05, 0.1) is 56.5 Å². The van der Waals surface area contributed by atoms with E-state index in [1.165, 1.54) is 22.7 Å². The molecule has 2 aromatic rings. The molecule has 14 nitrogen and oxygen atoms in total. The third kappa shape index (κ3) is 7.50. The van der Waals surface area contributed by atoms with Crippen LogP contribution in [0.4, 0.5) is 0 Å². The summed E-state index contributed by atoms with van der Waals surface area (Å²) in [6.07, 6.45) is -0.0940. The summed E-state index contributed by atoms with van der Waals surface area (Å²) < 4.78 is 30.4. The number of oxime groups is 2. The SMILES string of the molecule is COC(=O)C=C(O/N=C(\N)c1sccc1C1OCCO1)C(=O)OC.N/C(=N\O)c1sccc1C1OCCO1. The zero-order valence-corrected chi connectivity index (χ0v) is 22.0. The van der Waals surface area contributed by atoms with E-state index < -0.39 is 24.0 Å². The van der Waals surface area contributed by atoms with Gasteiger partial charge < -0.3 is 49.9 Å². The van der Waals surface area contributed by atoms with Crippen molar-refractivity contribution < 1.29 is 48.1 Å². The molecule has 4 heterocycles. The van der Waals surface area contributed by atoms with Gasteiger partial charge in [0.2, 0.25) is 5.76 Å². The van der Waals surface area contributed by atoms with E-state index in [4.69, 9.17) is 40.5 Å². The summed E-state index contributed by atoms with van der Waals surface area (Å²) in [5.41, 5.74) is 12.9. The lowest BCUT2D eigenvalue weighted by molar-refractivity contribution is -0.142. The second-order valence-electron chi connectivity index (χ2n) is 7.13. The molecule has 2 aromatic heterocycles. The Morgan fingerprint density at radius 1 is 0.921 bits per heavy atom. The first-order chi connectivity index (χ1) is 18.4. The summed E-state index contributed by atoms with van der Waals surface area (Å²) in [6.45, 7) is 2.13. The van der Waals surface area contributed by atoms with Crippen molar-refractivity contribution in [3.05, 3.63) is 55.6 Å². The molecule has 0 radical (unpaired) electrons. The molecule has 2 aliphatic heterocycles. The standard InChI is InChI=1S/C14H16N2O7S.C8H10N2O3S/c1-19-10(17)7-9(13(18)20-2)23-16-12(15)11-8(3-6-24-11)14-21-4-5-22-14;9-7(10-11)6-5(1-4-14-6)8-12-2-3-13-8/h3,6-7,14H,4-5H2,1-2H3,(H2,15,16);1,4,8,11H,2-3H2,(H2,9,10). The van der Waals surface area contributed by atoms with Gasteiger partial charge in [0, 0.05) is 11.1 Å². The predicted molar refractivity (Wildman–Crippen MR) is 134 cm³/mol. The molecule has 16 heteroatoms. The van der Waals surface area contributed by atoms with Crippen molar-refractivity contribution in [2.24, 2.45) is 21.8 Å². The van der Waals surface area contributed by atoms with Gasteiger partial charge >= 0.3 is 11.9 Å². The van der Waals surface area contributed by atoms with E-state index in [2.05, 4.69) is 19.8 Å². The molecule has 0 spiro atoms. The second kappa shape index (κ2) is 14.4. The number of amidine groups is 2. The van der Waals surface area contributed by atoms with Crippen LogP contribution in [0.25, 0.3) is 0 Å². The third-order valence-corrected chi connectivity index (χ3v) is 6.70. The van der Waals surface area contributed by atoms with Gasteiger partial charge in [0.25, 0.3) is 0 Å². The quantitative estimate of drug-likeness (QED) is 0.0789. The van der Waals surface area contributed by atoms with Crippen molar-refractivity contribution >= 4 is 46.3 Å². The molecule has 0 aliphatic carbocycles. The van der Waals surface area contributed by atoms with Gasteiger partial charge in [0.15, 0.2) is 24.3 Å². The molecule has 0 amide bonds. The van der Waals surface area contributed by atoms with Gasteiger partial charge in [-0.1, -0.05) is 10.3 Å². The number of ether oxygens (including phenoxy) is 6. The zero-order chi connectivity index (χ0) is 27.5. The molecule has 38 heavy (non-hydrogen) atoms. The maximum absolute atomic E-state index is 11.6. The van der Waals surface area contributed by atoms with Crippen molar-refractivity contribution in [2.45, 2.75) is 12.6 Å². The average Bonchev–Trinajstić information content (AvgIpc) is 3.75. The summed E-state index contributed by atoms with van der Waals surface area (Å²) in [7, 11) is 2.29. The number of nitrogens with two attached hydrogens (primary N) is 2. The van der Waals surface area contributed by atoms with Crippen LogP contribution in [0.5, 0.6) is 0 Å². The maximum Gasteiger partial charge on any atom is 0.377 e. The minimum Gasteiger partial charge on any atom is -0.466 e. The van der Waals surface area contributed by atoms with Crippen LogP contribution < -0.4 is 11.5 Å². The topological polar surface area (TPSA) is 196 Å². The largest absolute Gasteiger partial charge is 0.466 e. The van der Waals surface area contributed by atoms with Crippen LogP contribution in [0.1, 0.15) is 33.5 Å². The van der Waals surface area contributed by atoms with E-state index in [1.807, 2.05) is 11.4 Å². The first kappa shape index (κ1) is 29.0. The van der Waals surface area contributed by atoms with E-state index >= 15 is 0 Å². The molecule has 4 rings (SSSR count). The normalized spacial score (nSPS) is 17.2. The van der Waals surface area contributed by atoms with Crippen molar-refractivity contribution in [2.75, 3.05) is 40.6 Å². The fourth-order valence-electron chi connectivity index (χ4n) is 3.08. The lowest BCUT2D eigenvalue weighted by atomic mass is 10.2. The number of esters is 2. The Kier molecular flexibility index (Phi) is 11.0. The molecule has 0 bridgehead atoms. The summed E-state index contributed by atoms with van der Waals surface area (Å²) >= 11 is 2.70. The monoisotopic (exact) mass is 570 g/mol. The van der Waals surface area contributed by atoms with Gasteiger partial charge in [-0.15, -0.1) is 22.7 Å². The third-order valence-electron chi connectivity index (χ3n) is 4.79. The molecular weight excluding hydrogens is 544 g/mol. The number of rotatable bonds is 8. The Morgan fingerprint density at radius 2 is 1.42 bits per heavy atom. The number of hydrogen-bond donors (Lipinski definition) is 3. The number of nitrogens with zero attached hydrogens (tertiary/aromatic N) is 2. The first-order valence-electron chi connectivity index (χ1n) is 10.9. The molecular formula is C22H26N4O10S2. The number of carbonyl (C=O) groups excluding carboxylic acids is 2. The summed E-state index contributed by atoms with van der Waals surface area (Å²) in [6, 6.07) is 3.65. The highest BCUT2D eigenvalue weighted by Gasteiger charge is 2.25. The van der Waals surface area contributed by atoms with Crippen LogP contribution in [-0.2, 0) is 42.8 Å². The lowest BCUT2D eigenvalue weighted by Crippen LogP contribution is -2.17. The summed E-state index contributed by atoms with van der Waals surface area (Å²) in [4.78, 5) is 29.0. The van der Waals surface area contributed by atoms with Gasteiger partial charge in [-0.05, 0) is 22.9 Å². The van der Waals surface area contributed by atoms with E-state index in [1.54, 1.807) is 11.4 Å². The summed E-state index contributed by atoms with van der Waals surface area (Å²) in [5.74, 6) is -2.06. The van der Waals surface area contributed by atoms with E-state index in [0.717, 1.165) is 25.9 Å². The minimum atomic E-state index is -0.897. The number of thiophene rings is 2. The highest BCUT2D eigenvalue weighted by Crippen LogP contribution is 2.30. The van der Waals surface area contributed by atoms with Crippen LogP contribution in [0.15, 0.2) is 45.0 Å².